The van der Waals surface area contributed by atoms with Crippen LogP contribution < -0.4 is 5.73 Å². The fourth-order valence-electron chi connectivity index (χ4n) is 4.59. The summed E-state index contributed by atoms with van der Waals surface area (Å²) < 4.78 is 59.6. The molecule has 10 heteroatoms. The summed E-state index contributed by atoms with van der Waals surface area (Å²) >= 11 is 0. The number of hydrogen-bond donors (Lipinski definition) is 1. The molecule has 1 aromatic heterocycles. The molecule has 1 aromatic carbocycles. The predicted octanol–water partition coefficient (Wildman–Crippen LogP) is 2.45. The van der Waals surface area contributed by atoms with E-state index in [4.69, 9.17) is 10.5 Å². The molecule has 1 saturated heterocycles. The molecule has 0 amide bonds. The first-order chi connectivity index (χ1) is 14.7. The molecule has 0 bridgehead atoms. The van der Waals surface area contributed by atoms with Crippen molar-refractivity contribution in [1.82, 2.24) is 14.1 Å². The molecule has 7 nitrogen and oxygen atoms in total. The highest BCUT2D eigenvalue weighted by Gasteiger charge is 2.52. The van der Waals surface area contributed by atoms with Gasteiger partial charge in [-0.1, -0.05) is 0 Å². The van der Waals surface area contributed by atoms with E-state index in [0.717, 1.165) is 33.5 Å². The quantitative estimate of drug-likeness (QED) is 0.767. The molecule has 3 heterocycles. The van der Waals surface area contributed by atoms with Gasteiger partial charge in [-0.3, -0.25) is 4.90 Å². The van der Waals surface area contributed by atoms with Crippen LogP contribution in [0.3, 0.4) is 0 Å². The molecule has 0 spiro atoms. The summed E-state index contributed by atoms with van der Waals surface area (Å²) in [6, 6.07) is 2.91. The van der Waals surface area contributed by atoms with Gasteiger partial charge in [-0.25, -0.2) is 17.2 Å². The topological polar surface area (TPSA) is 90.5 Å². The van der Waals surface area contributed by atoms with E-state index in [1.165, 1.54) is 0 Å². The summed E-state index contributed by atoms with van der Waals surface area (Å²) in [5.74, 6) is -1.05. The molecule has 1 saturated carbocycles. The number of nitrogens with zero attached hydrogens (tertiary/aromatic N) is 3. The van der Waals surface area contributed by atoms with Gasteiger partial charge in [0.2, 0.25) is 0 Å². The predicted molar refractivity (Wildman–Crippen MR) is 109 cm³/mol. The first kappa shape index (κ1) is 21.0. The fraction of sp³-hybridized carbons (Fsp3) is 0.571. The third-order valence-electron chi connectivity index (χ3n) is 6.87. The molecule has 2 fully saturated rings. The van der Waals surface area contributed by atoms with Gasteiger partial charge < -0.3 is 10.5 Å². The largest absolute Gasteiger partial charge is 0.372 e. The van der Waals surface area contributed by atoms with Crippen LogP contribution in [0.25, 0.3) is 0 Å². The second-order valence-electron chi connectivity index (χ2n) is 9.13. The lowest BCUT2D eigenvalue weighted by atomic mass is 9.96. The minimum atomic E-state index is -3.46. The first-order valence-electron chi connectivity index (χ1n) is 10.6. The molecular weight excluding hydrogens is 426 g/mol. The lowest BCUT2D eigenvalue weighted by molar-refractivity contribution is 0.0430. The molecule has 2 N–H and O–H groups in total. The highest BCUT2D eigenvalue weighted by Crippen LogP contribution is 2.44. The average Bonchev–Trinajstić information content (AvgIpc) is 3.24. The van der Waals surface area contributed by atoms with Crippen molar-refractivity contribution >= 4 is 10.0 Å². The number of fused-ring (bicyclic) bond motifs is 1. The van der Waals surface area contributed by atoms with E-state index in [1.54, 1.807) is 13.1 Å². The third kappa shape index (κ3) is 3.59. The Kier molecular flexibility index (Phi) is 4.96. The molecule has 3 aliphatic rings. The Labute approximate surface area is 180 Å². The Morgan fingerprint density at radius 3 is 2.74 bits per heavy atom. The van der Waals surface area contributed by atoms with Crippen molar-refractivity contribution in [3.63, 3.8) is 0 Å². The second-order valence-corrected chi connectivity index (χ2v) is 11.4. The molecule has 168 valence electrons. The van der Waals surface area contributed by atoms with Gasteiger partial charge in [-0.15, -0.1) is 0 Å². The van der Waals surface area contributed by atoms with Crippen LogP contribution in [0.15, 0.2) is 24.4 Å². The molecule has 5 rings (SSSR count). The van der Waals surface area contributed by atoms with Crippen LogP contribution in [0.1, 0.15) is 55.5 Å². The molecule has 31 heavy (non-hydrogen) atoms. The van der Waals surface area contributed by atoms with E-state index in [0.29, 0.717) is 45.4 Å². The molecular formula is C21H26F2N4O3S. The van der Waals surface area contributed by atoms with Crippen molar-refractivity contribution in [2.24, 2.45) is 5.73 Å². The standard InChI is InChI=1S/C21H26F2N4O3S/c1-21(5-6-21)31(28,29)27-11-13-10-26(12-19(13)25-27)15-4-7-30-20(18(24)9-15)16-8-14(22)2-3-17(16)23/h2-3,8,11,15,18,20H,4-7,9-10,12,24H2,1H3/t15?,18-,20+/m0/s1. The van der Waals surface area contributed by atoms with Gasteiger partial charge in [0.15, 0.2) is 0 Å². The number of ether oxygens (including phenoxy) is 1. The van der Waals surface area contributed by atoms with Gasteiger partial charge in [0.25, 0.3) is 10.0 Å². The summed E-state index contributed by atoms with van der Waals surface area (Å²) in [5.41, 5.74) is 8.18. The number of hydrogen-bond acceptors (Lipinski definition) is 6. The molecule has 0 radical (unpaired) electrons. The number of benzene rings is 1. The number of halogens is 2. The average molecular weight is 453 g/mol. The SMILES string of the molecule is CC1(S(=O)(=O)n2cc3c(n2)CN(C2CCO[C@H](c4cc(F)ccc4F)[C@@H](N)C2)C3)CC1. The van der Waals surface area contributed by atoms with E-state index in [9.17, 15) is 17.2 Å². The molecule has 1 unspecified atom stereocenters. The molecule has 2 aromatic rings. The number of aromatic nitrogens is 2. The van der Waals surface area contributed by atoms with Crippen molar-refractivity contribution in [3.8, 4) is 0 Å². The zero-order valence-electron chi connectivity index (χ0n) is 17.3. The monoisotopic (exact) mass is 452 g/mol. The molecule has 1 aliphatic carbocycles. The second kappa shape index (κ2) is 7.33. The van der Waals surface area contributed by atoms with E-state index in [2.05, 4.69) is 10.00 Å². The van der Waals surface area contributed by atoms with Gasteiger partial charge in [0, 0.05) is 49.1 Å². The van der Waals surface area contributed by atoms with Crippen molar-refractivity contribution in [1.29, 1.82) is 0 Å². The number of rotatable bonds is 4. The minimum absolute atomic E-state index is 0.0804. The summed E-state index contributed by atoms with van der Waals surface area (Å²) in [4.78, 5) is 2.21. The Hall–Kier alpha value is -1.88. The molecule has 3 atom stereocenters. The number of nitrogens with two attached hydrogens (primary N) is 1. The maximum atomic E-state index is 14.2. The van der Waals surface area contributed by atoms with Crippen molar-refractivity contribution < 1.29 is 21.9 Å². The minimum Gasteiger partial charge on any atom is -0.372 e. The van der Waals surface area contributed by atoms with Gasteiger partial charge >= 0.3 is 0 Å². The van der Waals surface area contributed by atoms with Crippen LogP contribution in [0.5, 0.6) is 0 Å². The summed E-state index contributed by atoms with van der Waals surface area (Å²) in [5, 5.41) is 4.37. The Morgan fingerprint density at radius 2 is 2.03 bits per heavy atom. The highest BCUT2D eigenvalue weighted by atomic mass is 32.2. The first-order valence-corrected chi connectivity index (χ1v) is 12.0. The molecule has 2 aliphatic heterocycles. The Morgan fingerprint density at radius 1 is 1.26 bits per heavy atom. The van der Waals surface area contributed by atoms with E-state index >= 15 is 0 Å². The van der Waals surface area contributed by atoms with Gasteiger partial charge in [0.1, 0.15) is 17.7 Å². The van der Waals surface area contributed by atoms with Crippen molar-refractivity contribution in [2.75, 3.05) is 6.61 Å². The zero-order valence-corrected chi connectivity index (χ0v) is 18.1. The van der Waals surface area contributed by atoms with E-state index < -0.39 is 38.6 Å². The van der Waals surface area contributed by atoms with Crippen LogP contribution in [0, 0.1) is 11.6 Å². The van der Waals surface area contributed by atoms with Crippen LogP contribution in [-0.2, 0) is 27.8 Å². The van der Waals surface area contributed by atoms with Gasteiger partial charge in [0.05, 0.1) is 10.4 Å². The maximum absolute atomic E-state index is 14.2. The smallest absolute Gasteiger partial charge is 0.259 e. The lowest BCUT2D eigenvalue weighted by Crippen LogP contribution is -2.38. The summed E-state index contributed by atoms with van der Waals surface area (Å²) in [7, 11) is -3.46. The van der Waals surface area contributed by atoms with Crippen LogP contribution in [-0.4, -0.2) is 45.9 Å². The Balaban J connectivity index is 1.29. The zero-order chi connectivity index (χ0) is 22.0. The van der Waals surface area contributed by atoms with Gasteiger partial charge in [-0.05, 0) is 50.8 Å². The maximum Gasteiger partial charge on any atom is 0.259 e. The summed E-state index contributed by atoms with van der Waals surface area (Å²) in [6.45, 7) is 3.25. The van der Waals surface area contributed by atoms with Crippen LogP contribution >= 0.6 is 0 Å². The normalized spacial score (nSPS) is 28.3. The van der Waals surface area contributed by atoms with E-state index in [1.807, 2.05) is 0 Å². The van der Waals surface area contributed by atoms with E-state index in [-0.39, 0.29) is 11.6 Å². The lowest BCUT2D eigenvalue weighted by Gasteiger charge is -2.28. The Bertz CT molecular complexity index is 1090. The van der Waals surface area contributed by atoms with Crippen molar-refractivity contribution in [3.05, 3.63) is 52.9 Å². The highest BCUT2D eigenvalue weighted by molar-refractivity contribution is 7.91. The van der Waals surface area contributed by atoms with Crippen LogP contribution in [0.2, 0.25) is 0 Å². The summed E-state index contributed by atoms with van der Waals surface area (Å²) in [6.07, 6.45) is 3.51. The van der Waals surface area contributed by atoms with Crippen LogP contribution in [0.4, 0.5) is 8.78 Å². The van der Waals surface area contributed by atoms with Crippen molar-refractivity contribution in [2.45, 2.75) is 68.6 Å². The van der Waals surface area contributed by atoms with Gasteiger partial charge in [-0.2, -0.15) is 9.19 Å². The third-order valence-corrected chi connectivity index (χ3v) is 9.20. The fourth-order valence-corrected chi connectivity index (χ4v) is 6.13.